The van der Waals surface area contributed by atoms with E-state index in [9.17, 15) is 19.7 Å². The third kappa shape index (κ3) is 9.18. The summed E-state index contributed by atoms with van der Waals surface area (Å²) in [7, 11) is 0. The molecule has 0 aliphatic heterocycles. The molecule has 0 fully saturated rings. The molecular weight excluding hydrogens is 576 g/mol. The van der Waals surface area contributed by atoms with E-state index < -0.39 is 14.6 Å². The smallest absolute Gasteiger partial charge is 0.319 e. The van der Waals surface area contributed by atoms with Crippen LogP contribution >= 0.6 is 31.9 Å². The number of rotatable bonds is 12. The number of carbonyl (C=O) groups excluding carboxylic acids is 2. The number of ether oxygens (including phenoxy) is 2. The van der Waals surface area contributed by atoms with Gasteiger partial charge in [0.1, 0.15) is 22.9 Å². The van der Waals surface area contributed by atoms with Crippen LogP contribution in [0.2, 0.25) is 0 Å². The van der Waals surface area contributed by atoms with Crippen molar-refractivity contribution < 1.29 is 24.0 Å². The Labute approximate surface area is 213 Å². The van der Waals surface area contributed by atoms with Crippen LogP contribution in [0.25, 0.3) is 0 Å². The van der Waals surface area contributed by atoms with Crippen molar-refractivity contribution in [1.82, 2.24) is 0 Å². The minimum atomic E-state index is -0.478. The van der Waals surface area contributed by atoms with Crippen molar-refractivity contribution in [1.29, 1.82) is 0 Å². The topological polar surface area (TPSA) is 124 Å². The maximum atomic E-state index is 11.7. The summed E-state index contributed by atoms with van der Waals surface area (Å²) >= 11 is 6.35. The van der Waals surface area contributed by atoms with Crippen LogP contribution in [0.4, 0.5) is 22.7 Å². The largest absolute Gasteiger partial charge is 0.463 e. The lowest BCUT2D eigenvalue weighted by Crippen LogP contribution is -2.33. The quantitative estimate of drug-likeness (QED) is 0.104. The highest BCUT2D eigenvalue weighted by atomic mass is 79.9. The number of benzene rings is 2. The van der Waals surface area contributed by atoms with E-state index in [1.807, 2.05) is 17.0 Å². The standard InChI is InChI=1S/C22H24Br2N4O6/c1-15(23)21(29)33-13-11-27(12-14-34-22(30)16(2)24)19-7-3-17(4-8-19)25-26-18-5-9-20(10-6-18)28(31)32/h3-10,15-16H,11-14H2,1-2H3. The molecule has 0 heterocycles. The van der Waals surface area contributed by atoms with Gasteiger partial charge in [0.2, 0.25) is 0 Å². The highest BCUT2D eigenvalue weighted by molar-refractivity contribution is 9.10. The van der Waals surface area contributed by atoms with E-state index >= 15 is 0 Å². The zero-order valence-corrected chi connectivity index (χ0v) is 21.8. The van der Waals surface area contributed by atoms with Crippen LogP contribution in [0.5, 0.6) is 0 Å². The maximum Gasteiger partial charge on any atom is 0.319 e. The molecule has 34 heavy (non-hydrogen) atoms. The molecular formula is C22H24Br2N4O6. The predicted molar refractivity (Wildman–Crippen MR) is 135 cm³/mol. The first-order valence-electron chi connectivity index (χ1n) is 10.3. The van der Waals surface area contributed by atoms with Gasteiger partial charge in [0, 0.05) is 17.8 Å². The fourth-order valence-electron chi connectivity index (χ4n) is 2.60. The van der Waals surface area contributed by atoms with Crippen molar-refractivity contribution in [3.05, 3.63) is 58.6 Å². The number of esters is 2. The van der Waals surface area contributed by atoms with Gasteiger partial charge in [-0.15, -0.1) is 0 Å². The fraction of sp³-hybridized carbons (Fsp3) is 0.364. The number of nitro groups is 1. The Morgan fingerprint density at radius 2 is 1.29 bits per heavy atom. The summed E-state index contributed by atoms with van der Waals surface area (Å²) in [5.74, 6) is -0.719. The molecule has 0 saturated heterocycles. The van der Waals surface area contributed by atoms with Crippen molar-refractivity contribution in [3.8, 4) is 0 Å². The third-order valence-electron chi connectivity index (χ3n) is 4.42. The second kappa shape index (κ2) is 13.8. The van der Waals surface area contributed by atoms with E-state index in [0.29, 0.717) is 24.5 Å². The molecule has 0 spiro atoms. The Balaban J connectivity index is 2.04. The van der Waals surface area contributed by atoms with Crippen molar-refractivity contribution in [2.75, 3.05) is 31.2 Å². The molecule has 10 nitrogen and oxygen atoms in total. The monoisotopic (exact) mass is 598 g/mol. The van der Waals surface area contributed by atoms with E-state index in [-0.39, 0.29) is 30.8 Å². The SMILES string of the molecule is CC(Br)C(=O)OCCN(CCOC(=O)C(C)Br)c1ccc(N=Nc2ccc([N+](=O)[O-])cc2)cc1. The summed E-state index contributed by atoms with van der Waals surface area (Å²) in [5, 5.41) is 19.0. The third-order valence-corrected chi connectivity index (χ3v) is 5.16. The average Bonchev–Trinajstić information content (AvgIpc) is 2.82. The number of hydrogen-bond donors (Lipinski definition) is 0. The summed E-state index contributed by atoms with van der Waals surface area (Å²) in [5.41, 5.74) is 1.87. The molecule has 2 aromatic rings. The van der Waals surface area contributed by atoms with E-state index in [4.69, 9.17) is 9.47 Å². The number of hydrogen-bond acceptors (Lipinski definition) is 9. The Morgan fingerprint density at radius 1 is 0.882 bits per heavy atom. The van der Waals surface area contributed by atoms with Crippen LogP contribution in [0, 0.1) is 10.1 Å². The van der Waals surface area contributed by atoms with Crippen LogP contribution in [0.1, 0.15) is 13.8 Å². The minimum absolute atomic E-state index is 0.0177. The predicted octanol–water partition coefficient (Wildman–Crippen LogP) is 5.47. The van der Waals surface area contributed by atoms with Gasteiger partial charge < -0.3 is 14.4 Å². The number of anilines is 1. The molecule has 2 aromatic carbocycles. The van der Waals surface area contributed by atoms with Crippen molar-refractivity contribution in [3.63, 3.8) is 0 Å². The molecule has 2 rings (SSSR count). The van der Waals surface area contributed by atoms with Gasteiger partial charge in [0.15, 0.2) is 0 Å². The first-order chi connectivity index (χ1) is 16.2. The molecule has 2 unspecified atom stereocenters. The molecule has 0 bridgehead atoms. The molecule has 0 aliphatic rings. The van der Waals surface area contributed by atoms with Gasteiger partial charge >= 0.3 is 11.9 Å². The molecule has 0 saturated carbocycles. The van der Waals surface area contributed by atoms with Crippen LogP contribution in [-0.2, 0) is 19.1 Å². The van der Waals surface area contributed by atoms with Gasteiger partial charge in [-0.25, -0.2) is 0 Å². The van der Waals surface area contributed by atoms with Crippen LogP contribution < -0.4 is 4.90 Å². The fourth-order valence-corrected chi connectivity index (χ4v) is 2.86. The molecule has 0 aromatic heterocycles. The van der Waals surface area contributed by atoms with E-state index in [2.05, 4.69) is 42.1 Å². The summed E-state index contributed by atoms with van der Waals surface area (Å²) in [6.07, 6.45) is 0. The Bertz CT molecular complexity index is 971. The molecule has 182 valence electrons. The van der Waals surface area contributed by atoms with E-state index in [0.717, 1.165) is 5.69 Å². The minimum Gasteiger partial charge on any atom is -0.463 e. The van der Waals surface area contributed by atoms with Crippen LogP contribution in [0.3, 0.4) is 0 Å². The van der Waals surface area contributed by atoms with Gasteiger partial charge in [0.25, 0.3) is 5.69 Å². The number of nitro benzene ring substituents is 1. The Kier molecular flexibility index (Phi) is 11.1. The number of non-ortho nitro benzene ring substituents is 1. The first-order valence-corrected chi connectivity index (χ1v) is 12.1. The first kappa shape index (κ1) is 27.4. The van der Waals surface area contributed by atoms with Crippen molar-refractivity contribution in [2.45, 2.75) is 23.5 Å². The van der Waals surface area contributed by atoms with Gasteiger partial charge in [-0.1, -0.05) is 31.9 Å². The maximum absolute atomic E-state index is 11.7. The summed E-state index contributed by atoms with van der Waals surface area (Å²) < 4.78 is 10.5. The second-order valence-electron chi connectivity index (χ2n) is 7.04. The van der Waals surface area contributed by atoms with Gasteiger partial charge in [0.05, 0.1) is 29.4 Å². The lowest BCUT2D eigenvalue weighted by atomic mass is 10.2. The highest BCUT2D eigenvalue weighted by Gasteiger charge is 2.14. The lowest BCUT2D eigenvalue weighted by Gasteiger charge is -2.25. The van der Waals surface area contributed by atoms with Crippen molar-refractivity contribution >= 4 is 66.5 Å². The normalized spacial score (nSPS) is 12.7. The number of nitrogens with zero attached hydrogens (tertiary/aromatic N) is 4. The molecule has 12 heteroatoms. The second-order valence-corrected chi connectivity index (χ2v) is 9.79. The zero-order chi connectivity index (χ0) is 25.1. The average molecular weight is 600 g/mol. The molecule has 0 aliphatic carbocycles. The van der Waals surface area contributed by atoms with E-state index in [1.54, 1.807) is 26.0 Å². The number of alkyl halides is 2. The van der Waals surface area contributed by atoms with Gasteiger partial charge in [-0.2, -0.15) is 10.2 Å². The van der Waals surface area contributed by atoms with E-state index in [1.165, 1.54) is 24.3 Å². The molecule has 0 radical (unpaired) electrons. The molecule has 0 amide bonds. The van der Waals surface area contributed by atoms with Gasteiger partial charge in [-0.3, -0.25) is 19.7 Å². The highest BCUT2D eigenvalue weighted by Crippen LogP contribution is 2.23. The number of halogens is 2. The van der Waals surface area contributed by atoms with Gasteiger partial charge in [-0.05, 0) is 50.2 Å². The zero-order valence-electron chi connectivity index (χ0n) is 18.6. The number of azo groups is 1. The molecule has 0 N–H and O–H groups in total. The Morgan fingerprint density at radius 3 is 1.68 bits per heavy atom. The van der Waals surface area contributed by atoms with Crippen molar-refractivity contribution in [2.24, 2.45) is 10.2 Å². The van der Waals surface area contributed by atoms with Crippen LogP contribution in [-0.4, -0.2) is 52.8 Å². The van der Waals surface area contributed by atoms with Crippen LogP contribution in [0.15, 0.2) is 58.8 Å². The lowest BCUT2D eigenvalue weighted by molar-refractivity contribution is -0.384. The summed E-state index contributed by atoms with van der Waals surface area (Å²) in [6, 6.07) is 12.9. The molecule has 2 atom stereocenters. The number of carbonyl (C=O) groups is 2. The summed E-state index contributed by atoms with van der Waals surface area (Å²) in [6.45, 7) is 4.50. The Hall–Kier alpha value is -2.86. The summed E-state index contributed by atoms with van der Waals surface area (Å²) in [4.78, 5) is 34.8.